The number of ether oxygens (including phenoxy) is 1. The van der Waals surface area contributed by atoms with Crippen LogP contribution in [0, 0.1) is 0 Å². The lowest BCUT2D eigenvalue weighted by atomic mass is 10.0. The number of fused-ring (bicyclic) bond motifs is 2. The Morgan fingerprint density at radius 1 is 1.06 bits per heavy atom. The Bertz CT molecular complexity index is 1340. The van der Waals surface area contributed by atoms with Crippen molar-refractivity contribution in [3.05, 3.63) is 100 Å². The number of benzene rings is 3. The number of anilines is 1. The molecule has 1 aliphatic heterocycles. The molecule has 0 unspecified atom stereocenters. The van der Waals surface area contributed by atoms with Crippen molar-refractivity contribution in [2.45, 2.75) is 12.6 Å². The predicted molar refractivity (Wildman–Crippen MR) is 120 cm³/mol. The van der Waals surface area contributed by atoms with Crippen molar-refractivity contribution < 1.29 is 9.53 Å². The minimum Gasteiger partial charge on any atom is -0.489 e. The fourth-order valence-corrected chi connectivity index (χ4v) is 4.06. The van der Waals surface area contributed by atoms with E-state index in [2.05, 4.69) is 4.98 Å². The molecule has 0 bridgehead atoms. The first kappa shape index (κ1) is 19.3. The molecule has 4 aromatic rings. The molecule has 0 fully saturated rings. The normalized spacial score (nSPS) is 15.4. The van der Waals surface area contributed by atoms with E-state index in [0.717, 1.165) is 5.56 Å². The van der Waals surface area contributed by atoms with Crippen LogP contribution in [0.2, 0.25) is 5.02 Å². The Morgan fingerprint density at radius 2 is 1.84 bits per heavy atom. The highest BCUT2D eigenvalue weighted by atomic mass is 35.5. The van der Waals surface area contributed by atoms with Crippen molar-refractivity contribution in [3.8, 4) is 5.75 Å². The van der Waals surface area contributed by atoms with Gasteiger partial charge >= 0.3 is 0 Å². The number of hydrogen-bond acceptors (Lipinski definition) is 4. The molecule has 7 heteroatoms. The molecule has 2 heterocycles. The highest BCUT2D eigenvalue weighted by Crippen LogP contribution is 2.39. The summed E-state index contributed by atoms with van der Waals surface area (Å²) in [6, 6.07) is 21.8. The molecule has 1 atom stereocenters. The highest BCUT2D eigenvalue weighted by Gasteiger charge is 2.33. The summed E-state index contributed by atoms with van der Waals surface area (Å²) in [5, 5.41) is 0.825. The van der Waals surface area contributed by atoms with Gasteiger partial charge in [0, 0.05) is 5.02 Å². The fourth-order valence-electron chi connectivity index (χ4n) is 3.88. The van der Waals surface area contributed by atoms with Crippen LogP contribution in [0.4, 0.5) is 5.69 Å². The van der Waals surface area contributed by atoms with Gasteiger partial charge < -0.3 is 4.74 Å². The van der Waals surface area contributed by atoms with Crippen molar-refractivity contribution in [3.63, 3.8) is 0 Å². The molecular weight excluding hydrogens is 414 g/mol. The topological polar surface area (TPSA) is 64.4 Å². The van der Waals surface area contributed by atoms with Crippen molar-refractivity contribution in [2.75, 3.05) is 11.5 Å². The Balaban J connectivity index is 1.55. The minimum absolute atomic E-state index is 0.147. The number of carbonyl (C=O) groups is 1. The quantitative estimate of drug-likeness (QED) is 0.487. The van der Waals surface area contributed by atoms with E-state index in [-0.39, 0.29) is 24.1 Å². The number of nitrogens with zero attached hydrogens (tertiary/aromatic N) is 3. The molecule has 0 aliphatic carbocycles. The van der Waals surface area contributed by atoms with Crippen LogP contribution < -0.4 is 15.2 Å². The van der Waals surface area contributed by atoms with E-state index in [4.69, 9.17) is 16.3 Å². The summed E-state index contributed by atoms with van der Waals surface area (Å²) in [6.45, 7) is 0.180. The average Bonchev–Trinajstić information content (AvgIpc) is 2.81. The zero-order valence-electron chi connectivity index (χ0n) is 16.4. The fraction of sp³-hybridized carbons (Fsp3) is 0.125. The molecule has 3 aromatic carbocycles. The number of amides is 1. The van der Waals surface area contributed by atoms with Crippen LogP contribution in [0.3, 0.4) is 0 Å². The lowest BCUT2D eigenvalue weighted by molar-refractivity contribution is -0.120. The third-order valence-corrected chi connectivity index (χ3v) is 5.61. The van der Waals surface area contributed by atoms with Gasteiger partial charge in [-0.3, -0.25) is 19.1 Å². The maximum absolute atomic E-state index is 13.5. The molecule has 1 amide bonds. The van der Waals surface area contributed by atoms with Crippen LogP contribution in [0.5, 0.6) is 5.75 Å². The van der Waals surface area contributed by atoms with Crippen molar-refractivity contribution in [1.82, 2.24) is 9.55 Å². The van der Waals surface area contributed by atoms with Crippen molar-refractivity contribution >= 4 is 34.1 Å². The zero-order chi connectivity index (χ0) is 21.4. The van der Waals surface area contributed by atoms with Crippen molar-refractivity contribution in [1.29, 1.82) is 0 Å². The van der Waals surface area contributed by atoms with Crippen LogP contribution in [0.1, 0.15) is 11.6 Å². The van der Waals surface area contributed by atoms with E-state index in [1.165, 1.54) is 10.9 Å². The van der Waals surface area contributed by atoms with Gasteiger partial charge in [-0.15, -0.1) is 0 Å². The molecule has 0 radical (unpaired) electrons. The van der Waals surface area contributed by atoms with E-state index in [0.29, 0.717) is 34.0 Å². The molecule has 5 rings (SSSR count). The average molecular weight is 432 g/mol. The molecule has 0 saturated heterocycles. The van der Waals surface area contributed by atoms with Gasteiger partial charge in [0.05, 0.1) is 29.0 Å². The lowest BCUT2D eigenvalue weighted by Gasteiger charge is -2.37. The van der Waals surface area contributed by atoms with Gasteiger partial charge in [-0.05, 0) is 35.9 Å². The largest absolute Gasteiger partial charge is 0.489 e. The summed E-state index contributed by atoms with van der Waals surface area (Å²) in [7, 11) is 0. The molecule has 0 saturated carbocycles. The number of halogens is 1. The maximum Gasteiger partial charge on any atom is 0.261 e. The molecule has 1 aliphatic rings. The lowest BCUT2D eigenvalue weighted by Crippen LogP contribution is -2.43. The Morgan fingerprint density at radius 3 is 2.68 bits per heavy atom. The standard InChI is InChI=1S/C24H18ClN3O3/c25-17-10-11-19-18(12-17)24(30)27(15-26-19)13-23(29)28-20-8-4-5-9-22(20)31-14-21(28)16-6-2-1-3-7-16/h1-12,15,21H,13-14H2/t21-/m1/s1. The number of aromatic nitrogens is 2. The van der Waals surface area contributed by atoms with E-state index in [1.54, 1.807) is 23.1 Å². The first-order valence-electron chi connectivity index (χ1n) is 9.85. The predicted octanol–water partition coefficient (Wildman–Crippen LogP) is 4.22. The number of para-hydroxylation sites is 2. The van der Waals surface area contributed by atoms with E-state index in [9.17, 15) is 9.59 Å². The highest BCUT2D eigenvalue weighted by molar-refractivity contribution is 6.31. The summed E-state index contributed by atoms with van der Waals surface area (Å²) in [6.07, 6.45) is 1.40. The third kappa shape index (κ3) is 3.55. The summed E-state index contributed by atoms with van der Waals surface area (Å²) >= 11 is 6.05. The molecule has 1 aromatic heterocycles. The molecule has 31 heavy (non-hydrogen) atoms. The van der Waals surface area contributed by atoms with Crippen LogP contribution in [-0.2, 0) is 11.3 Å². The number of hydrogen-bond donors (Lipinski definition) is 0. The van der Waals surface area contributed by atoms with Crippen LogP contribution in [-0.4, -0.2) is 22.1 Å². The van der Waals surface area contributed by atoms with Gasteiger partial charge in [0.1, 0.15) is 18.9 Å². The van der Waals surface area contributed by atoms with E-state index < -0.39 is 0 Å². The molecule has 0 spiro atoms. The number of rotatable bonds is 3. The minimum atomic E-state index is -0.307. The SMILES string of the molecule is O=C(Cn1cnc2ccc(Cl)cc2c1=O)N1c2ccccc2OC[C@@H]1c1ccccc1. The monoisotopic (exact) mass is 431 g/mol. The summed E-state index contributed by atoms with van der Waals surface area (Å²) in [5.74, 6) is 0.411. The van der Waals surface area contributed by atoms with E-state index >= 15 is 0 Å². The van der Waals surface area contributed by atoms with Crippen LogP contribution >= 0.6 is 11.6 Å². The number of carbonyl (C=O) groups excluding carboxylic acids is 1. The first-order valence-corrected chi connectivity index (χ1v) is 10.2. The van der Waals surface area contributed by atoms with Crippen LogP contribution in [0.25, 0.3) is 10.9 Å². The summed E-state index contributed by atoms with van der Waals surface area (Å²) < 4.78 is 7.25. The molecule has 6 nitrogen and oxygen atoms in total. The second-order valence-corrected chi connectivity index (χ2v) is 7.74. The Kier molecular flexibility index (Phi) is 4.92. The Labute approximate surface area is 183 Å². The van der Waals surface area contributed by atoms with E-state index in [1.807, 2.05) is 54.6 Å². The first-order chi connectivity index (χ1) is 15.1. The zero-order valence-corrected chi connectivity index (χ0v) is 17.2. The maximum atomic E-state index is 13.5. The second kappa shape index (κ2) is 7.89. The van der Waals surface area contributed by atoms with Gasteiger partial charge in [0.25, 0.3) is 5.56 Å². The van der Waals surface area contributed by atoms with Gasteiger partial charge in [0.2, 0.25) is 5.91 Å². The summed E-state index contributed by atoms with van der Waals surface area (Å²) in [4.78, 5) is 32.5. The van der Waals surface area contributed by atoms with Gasteiger partial charge in [-0.1, -0.05) is 54.1 Å². The molecule has 154 valence electrons. The molecular formula is C24H18ClN3O3. The third-order valence-electron chi connectivity index (χ3n) is 5.38. The second-order valence-electron chi connectivity index (χ2n) is 7.31. The van der Waals surface area contributed by atoms with Gasteiger partial charge in [-0.2, -0.15) is 0 Å². The van der Waals surface area contributed by atoms with Gasteiger partial charge in [-0.25, -0.2) is 4.98 Å². The summed E-state index contributed by atoms with van der Waals surface area (Å²) in [5.41, 5.74) is 1.87. The van der Waals surface area contributed by atoms with Crippen LogP contribution in [0.15, 0.2) is 83.9 Å². The smallest absolute Gasteiger partial charge is 0.261 e. The Hall–Kier alpha value is -3.64. The molecule has 0 N–H and O–H groups in total. The van der Waals surface area contributed by atoms with Gasteiger partial charge in [0.15, 0.2) is 0 Å². The van der Waals surface area contributed by atoms with Crippen molar-refractivity contribution in [2.24, 2.45) is 0 Å².